The summed E-state index contributed by atoms with van der Waals surface area (Å²) in [5.74, 6) is 2.30. The second kappa shape index (κ2) is 7.23. The first-order valence-electron chi connectivity index (χ1n) is 10.5. The van der Waals surface area contributed by atoms with Crippen molar-refractivity contribution in [2.24, 2.45) is 23.2 Å². The van der Waals surface area contributed by atoms with Crippen molar-refractivity contribution in [3.63, 3.8) is 0 Å². The molecule has 0 radical (unpaired) electrons. The average Bonchev–Trinajstić information content (AvgIpc) is 2.64. The predicted octanol–water partition coefficient (Wildman–Crippen LogP) is 3.96. The van der Waals surface area contributed by atoms with Gasteiger partial charge in [0.15, 0.2) is 9.84 Å². The van der Waals surface area contributed by atoms with Gasteiger partial charge in [0.2, 0.25) is 5.91 Å². The van der Waals surface area contributed by atoms with Gasteiger partial charge in [-0.3, -0.25) is 4.79 Å². The maximum atomic E-state index is 12.6. The number of benzene rings is 1. The van der Waals surface area contributed by atoms with Crippen LogP contribution in [0, 0.1) is 23.2 Å². The first-order valence-corrected chi connectivity index (χ1v) is 12.1. The van der Waals surface area contributed by atoms with Crippen LogP contribution in [0.25, 0.3) is 0 Å². The van der Waals surface area contributed by atoms with Crippen LogP contribution in [0.1, 0.15) is 58.3 Å². The zero-order chi connectivity index (χ0) is 19.1. The van der Waals surface area contributed by atoms with E-state index in [0.29, 0.717) is 4.90 Å². The van der Waals surface area contributed by atoms with Crippen LogP contribution in [0.3, 0.4) is 0 Å². The third kappa shape index (κ3) is 3.80. The van der Waals surface area contributed by atoms with Gasteiger partial charge in [-0.05, 0) is 80.2 Å². The topological polar surface area (TPSA) is 63.2 Å². The summed E-state index contributed by atoms with van der Waals surface area (Å²) in [5, 5.41) is 3.24. The molecule has 1 amide bonds. The van der Waals surface area contributed by atoms with Gasteiger partial charge in [0.05, 0.1) is 10.6 Å². The molecule has 4 saturated carbocycles. The Morgan fingerprint density at radius 3 is 2.15 bits per heavy atom. The molecule has 5 rings (SSSR count). The number of hydrogen-bond donors (Lipinski definition) is 1. The van der Waals surface area contributed by atoms with E-state index in [0.717, 1.165) is 24.2 Å². The minimum Gasteiger partial charge on any atom is -0.353 e. The second-order valence-electron chi connectivity index (χ2n) is 9.19. The van der Waals surface area contributed by atoms with Crippen molar-refractivity contribution in [3.8, 4) is 0 Å². The van der Waals surface area contributed by atoms with Crippen LogP contribution in [0.4, 0.5) is 0 Å². The van der Waals surface area contributed by atoms with E-state index in [-0.39, 0.29) is 29.5 Å². The number of rotatable bonds is 7. The lowest BCUT2D eigenvalue weighted by Crippen LogP contribution is -2.56. The zero-order valence-corrected chi connectivity index (χ0v) is 17.0. The summed E-state index contributed by atoms with van der Waals surface area (Å²) < 4.78 is 24.9. The molecular weight excluding hydrogens is 358 g/mol. The van der Waals surface area contributed by atoms with E-state index in [1.807, 2.05) is 0 Å². The fraction of sp³-hybridized carbons (Fsp3) is 0.682. The quantitative estimate of drug-likeness (QED) is 0.768. The van der Waals surface area contributed by atoms with Gasteiger partial charge in [-0.2, -0.15) is 0 Å². The fourth-order valence-electron chi connectivity index (χ4n) is 6.53. The molecule has 4 nitrogen and oxygen atoms in total. The lowest BCUT2D eigenvalue weighted by molar-refractivity contribution is -0.126. The Hall–Kier alpha value is -1.36. The van der Waals surface area contributed by atoms with Crippen molar-refractivity contribution in [3.05, 3.63) is 30.3 Å². The van der Waals surface area contributed by atoms with Gasteiger partial charge >= 0.3 is 0 Å². The van der Waals surface area contributed by atoms with E-state index >= 15 is 0 Å². The van der Waals surface area contributed by atoms with Crippen LogP contribution >= 0.6 is 0 Å². The van der Waals surface area contributed by atoms with Crippen molar-refractivity contribution in [1.29, 1.82) is 0 Å². The summed E-state index contributed by atoms with van der Waals surface area (Å²) in [6.45, 7) is 2.16. The molecule has 4 fully saturated rings. The Labute approximate surface area is 163 Å². The van der Waals surface area contributed by atoms with E-state index in [2.05, 4.69) is 12.2 Å². The first kappa shape index (κ1) is 19.0. The number of sulfone groups is 1. The molecule has 1 aromatic carbocycles. The summed E-state index contributed by atoms with van der Waals surface area (Å²) in [4.78, 5) is 12.9. The number of carbonyl (C=O) groups is 1. The molecule has 0 heterocycles. The van der Waals surface area contributed by atoms with Crippen molar-refractivity contribution in [2.45, 2.75) is 69.2 Å². The average molecular weight is 390 g/mol. The van der Waals surface area contributed by atoms with E-state index < -0.39 is 9.84 Å². The van der Waals surface area contributed by atoms with Crippen LogP contribution in [0.2, 0.25) is 0 Å². The molecule has 0 saturated heterocycles. The molecule has 0 aromatic heterocycles. The monoisotopic (exact) mass is 389 g/mol. The molecule has 0 unspecified atom stereocenters. The smallest absolute Gasteiger partial charge is 0.221 e. The zero-order valence-electron chi connectivity index (χ0n) is 16.2. The Morgan fingerprint density at radius 1 is 1.07 bits per heavy atom. The number of carbonyl (C=O) groups excluding carboxylic acids is 1. The van der Waals surface area contributed by atoms with Crippen LogP contribution in [0.15, 0.2) is 35.2 Å². The first-order chi connectivity index (χ1) is 12.9. The molecule has 0 spiro atoms. The van der Waals surface area contributed by atoms with E-state index in [1.165, 1.54) is 38.5 Å². The van der Waals surface area contributed by atoms with E-state index in [4.69, 9.17) is 0 Å². The summed E-state index contributed by atoms with van der Waals surface area (Å²) in [5.41, 5.74) is 0.261. The van der Waals surface area contributed by atoms with E-state index in [9.17, 15) is 13.2 Å². The van der Waals surface area contributed by atoms with Gasteiger partial charge in [0.1, 0.15) is 0 Å². The SMILES string of the molecule is CC[C@@H](NC(=O)CCS(=O)(=O)c1ccccc1)C12CC3CC(CC(C3)C1)C2. The highest BCUT2D eigenvalue weighted by molar-refractivity contribution is 7.91. The molecule has 27 heavy (non-hydrogen) atoms. The number of hydrogen-bond acceptors (Lipinski definition) is 3. The van der Waals surface area contributed by atoms with Crippen molar-refractivity contribution >= 4 is 15.7 Å². The Kier molecular flexibility index (Phi) is 5.08. The van der Waals surface area contributed by atoms with Crippen molar-refractivity contribution in [2.75, 3.05) is 5.75 Å². The van der Waals surface area contributed by atoms with Gasteiger partial charge in [-0.25, -0.2) is 8.42 Å². The van der Waals surface area contributed by atoms with E-state index in [1.54, 1.807) is 30.3 Å². The van der Waals surface area contributed by atoms with Crippen molar-refractivity contribution in [1.82, 2.24) is 5.32 Å². The fourth-order valence-corrected chi connectivity index (χ4v) is 7.79. The third-order valence-corrected chi connectivity index (χ3v) is 9.00. The highest BCUT2D eigenvalue weighted by Gasteiger charge is 2.53. The van der Waals surface area contributed by atoms with Crippen LogP contribution in [-0.4, -0.2) is 26.1 Å². The number of nitrogens with one attached hydrogen (secondary N) is 1. The molecule has 1 aromatic rings. The van der Waals surface area contributed by atoms with Gasteiger partial charge in [-0.15, -0.1) is 0 Å². The Balaban J connectivity index is 1.38. The molecule has 4 aliphatic carbocycles. The lowest BCUT2D eigenvalue weighted by atomic mass is 9.47. The molecular formula is C22H31NO3S. The Bertz CT molecular complexity index is 752. The highest BCUT2D eigenvalue weighted by atomic mass is 32.2. The van der Waals surface area contributed by atoms with Gasteiger partial charge in [-0.1, -0.05) is 25.1 Å². The summed E-state index contributed by atoms with van der Waals surface area (Å²) >= 11 is 0. The van der Waals surface area contributed by atoms with Gasteiger partial charge in [0, 0.05) is 12.5 Å². The highest BCUT2D eigenvalue weighted by Crippen LogP contribution is 2.61. The molecule has 4 bridgehead atoms. The molecule has 5 heteroatoms. The van der Waals surface area contributed by atoms with Crippen LogP contribution < -0.4 is 5.32 Å². The van der Waals surface area contributed by atoms with Crippen LogP contribution in [-0.2, 0) is 14.6 Å². The molecule has 148 valence electrons. The minimum atomic E-state index is -3.40. The number of amides is 1. The van der Waals surface area contributed by atoms with Crippen molar-refractivity contribution < 1.29 is 13.2 Å². The summed E-state index contributed by atoms with van der Waals surface area (Å²) in [6, 6.07) is 8.61. The molecule has 4 aliphatic rings. The maximum Gasteiger partial charge on any atom is 0.221 e. The maximum absolute atomic E-state index is 12.6. The minimum absolute atomic E-state index is 0.0418. The molecule has 0 aliphatic heterocycles. The largest absolute Gasteiger partial charge is 0.353 e. The summed E-state index contributed by atoms with van der Waals surface area (Å²) in [7, 11) is -3.40. The lowest BCUT2D eigenvalue weighted by Gasteiger charge is -2.59. The second-order valence-corrected chi connectivity index (χ2v) is 11.3. The standard InChI is InChI=1S/C22H31NO3S/c1-2-20(22-13-16-10-17(14-22)12-18(11-16)15-22)23-21(24)8-9-27(25,26)19-6-4-3-5-7-19/h3-7,16-18,20H,2,8-15H2,1H3,(H,23,24)/t16?,17?,18?,20-,22?/m1/s1. The Morgan fingerprint density at radius 2 is 1.63 bits per heavy atom. The van der Waals surface area contributed by atoms with Crippen LogP contribution in [0.5, 0.6) is 0 Å². The predicted molar refractivity (Wildman–Crippen MR) is 106 cm³/mol. The molecule has 1 N–H and O–H groups in total. The molecule has 1 atom stereocenters. The summed E-state index contributed by atoms with van der Waals surface area (Å²) in [6.07, 6.45) is 8.89. The van der Waals surface area contributed by atoms with Gasteiger partial charge in [0.25, 0.3) is 0 Å². The third-order valence-electron chi connectivity index (χ3n) is 7.27. The van der Waals surface area contributed by atoms with Gasteiger partial charge < -0.3 is 5.32 Å². The normalized spacial score (nSPS) is 33.0.